The topological polar surface area (TPSA) is 29.5 Å². The van der Waals surface area contributed by atoms with Crippen molar-refractivity contribution in [3.8, 4) is 11.5 Å². The lowest BCUT2D eigenvalue weighted by atomic mass is 9.86. The molecule has 0 aliphatic heterocycles. The maximum atomic E-state index is 13.8. The number of hydrogen-bond donors (Lipinski definition) is 1. The number of phenols is 1. The van der Waals surface area contributed by atoms with Gasteiger partial charge in [0.2, 0.25) is 0 Å². The fourth-order valence-corrected chi connectivity index (χ4v) is 2.40. The van der Waals surface area contributed by atoms with Crippen molar-refractivity contribution >= 4 is 0 Å². The molecule has 0 amide bonds. The van der Waals surface area contributed by atoms with E-state index in [4.69, 9.17) is 5.11 Å². The molecule has 1 N–H and O–H groups in total. The highest BCUT2D eigenvalue weighted by atomic mass is 19.4. The summed E-state index contributed by atoms with van der Waals surface area (Å²) in [7, 11) is 0. The summed E-state index contributed by atoms with van der Waals surface area (Å²) in [5.41, 5.74) is 0. The molecule has 0 heterocycles. The Labute approximate surface area is 205 Å². The van der Waals surface area contributed by atoms with Crippen molar-refractivity contribution in [3.63, 3.8) is 0 Å². The van der Waals surface area contributed by atoms with Gasteiger partial charge in [0.25, 0.3) is 0 Å². The van der Waals surface area contributed by atoms with Crippen LogP contribution in [0.3, 0.4) is 0 Å². The largest absolute Gasteiger partial charge is 0.508 e. The summed E-state index contributed by atoms with van der Waals surface area (Å²) < 4.78 is 284. The Kier molecular flexibility index (Phi) is 8.60. The Bertz CT molecular complexity index is 1030. The zero-order valence-corrected chi connectivity index (χ0v) is 17.8. The van der Waals surface area contributed by atoms with Crippen molar-refractivity contribution in [1.82, 2.24) is 0 Å². The number of rotatable bonds is 12. The van der Waals surface area contributed by atoms with Gasteiger partial charge in [0.15, 0.2) is 0 Å². The van der Waals surface area contributed by atoms with E-state index in [0.717, 1.165) is 0 Å². The average molecular weight is 642 g/mol. The molecule has 0 bridgehead atoms. The number of alkyl halides is 21. The molecule has 234 valence electrons. The highest BCUT2D eigenvalue weighted by Gasteiger charge is 2.97. The van der Waals surface area contributed by atoms with Crippen LogP contribution >= 0.6 is 0 Å². The van der Waals surface area contributed by atoms with Crippen LogP contribution in [0.25, 0.3) is 0 Å². The van der Waals surface area contributed by atoms with Gasteiger partial charge in [-0.1, -0.05) is 0 Å². The lowest BCUT2D eigenvalue weighted by Gasteiger charge is -2.44. The van der Waals surface area contributed by atoms with E-state index < -0.39 is 77.6 Å². The number of phenolic OH excluding ortho intramolecular Hbond substituents is 1. The minimum Gasteiger partial charge on any atom is -0.508 e. The maximum absolute atomic E-state index is 13.8. The molecule has 40 heavy (non-hydrogen) atoms. The Morgan fingerprint density at radius 2 is 0.725 bits per heavy atom. The molecule has 1 aromatic carbocycles. The molecular weight excluding hydrogens is 635 g/mol. The molecule has 1 atom stereocenters. The fraction of sp³-hybridized carbons (Fsp3) is 0.647. The molecule has 1 aromatic rings. The third-order valence-electron chi connectivity index (χ3n) is 4.84. The average Bonchev–Trinajstić information content (AvgIpc) is 2.79. The minimum atomic E-state index is -9.18. The second-order valence-electron chi connectivity index (χ2n) is 7.50. The summed E-state index contributed by atoms with van der Waals surface area (Å²) in [5.74, 6) is -79.6. The monoisotopic (exact) mass is 642 g/mol. The number of hydrogen-bond acceptors (Lipinski definition) is 2. The van der Waals surface area contributed by atoms with Gasteiger partial charge in [0.05, 0.1) is 0 Å². The van der Waals surface area contributed by atoms with Gasteiger partial charge in [-0.25, -0.2) is 8.78 Å². The van der Waals surface area contributed by atoms with Crippen LogP contribution in [0.15, 0.2) is 24.3 Å². The number of benzene rings is 1. The molecule has 2 nitrogen and oxygen atoms in total. The quantitative estimate of drug-likeness (QED) is 0.234. The van der Waals surface area contributed by atoms with Gasteiger partial charge in [0, 0.05) is 0 Å². The van der Waals surface area contributed by atoms with E-state index >= 15 is 0 Å². The van der Waals surface area contributed by atoms with E-state index in [1.165, 1.54) is 0 Å². The van der Waals surface area contributed by atoms with Crippen molar-refractivity contribution in [2.24, 2.45) is 0 Å². The van der Waals surface area contributed by atoms with Crippen LogP contribution in [0.2, 0.25) is 0 Å². The molecule has 0 radical (unpaired) electrons. The summed E-state index contributed by atoms with van der Waals surface area (Å²) in [6.45, 7) is 0. The zero-order valence-electron chi connectivity index (χ0n) is 17.8. The van der Waals surface area contributed by atoms with Crippen molar-refractivity contribution in [2.45, 2.75) is 66.1 Å². The van der Waals surface area contributed by atoms with Crippen molar-refractivity contribution in [2.75, 3.05) is 0 Å². The van der Waals surface area contributed by atoms with Crippen molar-refractivity contribution in [1.29, 1.82) is 0 Å². The Balaban J connectivity index is 3.66. The lowest BCUT2D eigenvalue weighted by molar-refractivity contribution is -0.468. The second-order valence-corrected chi connectivity index (χ2v) is 7.50. The van der Waals surface area contributed by atoms with Crippen LogP contribution in [0.5, 0.6) is 11.5 Å². The van der Waals surface area contributed by atoms with Crippen LogP contribution in [0, 0.1) is 0 Å². The standard InChI is InChI=1S/C17H7F21O2/c18-7(19)9(21,22)11(25,26)13(29,30)15(33,34)17(37,38)16(35,36)14(31,32)12(27,28)10(23,24)8(20)40-6-3-1-5(39)2-4-6/h1-4,7-8,39H. The molecule has 0 aromatic heterocycles. The molecular formula is C17H7F21O2. The van der Waals surface area contributed by atoms with E-state index in [1.807, 2.05) is 0 Å². The van der Waals surface area contributed by atoms with E-state index in [0.29, 0.717) is 12.1 Å². The Hall–Kier alpha value is -2.65. The number of halogens is 21. The highest BCUT2D eigenvalue weighted by Crippen LogP contribution is 2.65. The summed E-state index contributed by atoms with van der Waals surface area (Å²) in [6, 6.07) is 1.26. The lowest BCUT2D eigenvalue weighted by Crippen LogP contribution is -2.77. The van der Waals surface area contributed by atoms with E-state index in [9.17, 15) is 92.2 Å². The molecule has 0 saturated heterocycles. The Morgan fingerprint density at radius 1 is 0.450 bits per heavy atom. The fourth-order valence-electron chi connectivity index (χ4n) is 2.40. The summed E-state index contributed by atoms with van der Waals surface area (Å²) in [4.78, 5) is 0. The van der Waals surface area contributed by atoms with E-state index in [2.05, 4.69) is 4.74 Å². The first kappa shape index (κ1) is 35.4. The van der Waals surface area contributed by atoms with Crippen LogP contribution in [-0.4, -0.2) is 71.2 Å². The molecule has 0 spiro atoms. The van der Waals surface area contributed by atoms with Gasteiger partial charge in [-0.05, 0) is 24.3 Å². The summed E-state index contributed by atoms with van der Waals surface area (Å²) >= 11 is 0. The van der Waals surface area contributed by atoms with Gasteiger partial charge >= 0.3 is 66.1 Å². The van der Waals surface area contributed by atoms with Crippen LogP contribution in [-0.2, 0) is 0 Å². The van der Waals surface area contributed by atoms with E-state index in [-0.39, 0.29) is 12.1 Å². The van der Waals surface area contributed by atoms with Crippen LogP contribution in [0.1, 0.15) is 0 Å². The smallest absolute Gasteiger partial charge is 0.385 e. The normalized spacial score (nSPS) is 16.4. The third kappa shape index (κ3) is 4.59. The number of aromatic hydroxyl groups is 1. The predicted molar refractivity (Wildman–Crippen MR) is 84.2 cm³/mol. The summed E-state index contributed by atoms with van der Waals surface area (Å²) in [6.07, 6.45) is -11.5. The molecule has 23 heteroatoms. The van der Waals surface area contributed by atoms with Gasteiger partial charge in [-0.15, -0.1) is 0 Å². The molecule has 0 fully saturated rings. The van der Waals surface area contributed by atoms with Gasteiger partial charge in [-0.2, -0.15) is 83.4 Å². The van der Waals surface area contributed by atoms with Crippen LogP contribution < -0.4 is 4.74 Å². The molecule has 1 unspecified atom stereocenters. The first-order valence-electron chi connectivity index (χ1n) is 9.12. The second kappa shape index (κ2) is 9.72. The molecule has 1 rings (SSSR count). The predicted octanol–water partition coefficient (Wildman–Crippen LogP) is 8.05. The number of ether oxygens (including phenoxy) is 1. The summed E-state index contributed by atoms with van der Waals surface area (Å²) in [5, 5.41) is 8.89. The van der Waals surface area contributed by atoms with E-state index in [1.54, 1.807) is 0 Å². The first-order valence-corrected chi connectivity index (χ1v) is 9.12. The van der Waals surface area contributed by atoms with Gasteiger partial charge in [0.1, 0.15) is 11.5 Å². The minimum absolute atomic E-state index is 0.217. The SMILES string of the molecule is Oc1ccc(OC(F)C(F)(F)C(F)(F)C(F)(F)C(F)(F)C(F)(F)C(F)(F)C(F)(F)C(F)(F)C(F)(F)C(F)F)cc1. The third-order valence-corrected chi connectivity index (χ3v) is 4.84. The van der Waals surface area contributed by atoms with Crippen LogP contribution in [0.4, 0.5) is 92.2 Å². The molecule has 0 aliphatic carbocycles. The van der Waals surface area contributed by atoms with Gasteiger partial charge < -0.3 is 9.84 Å². The maximum Gasteiger partial charge on any atom is 0.385 e. The Morgan fingerprint density at radius 3 is 1.02 bits per heavy atom. The zero-order chi connectivity index (χ0) is 32.3. The van der Waals surface area contributed by atoms with Gasteiger partial charge in [-0.3, -0.25) is 0 Å². The molecule has 0 saturated carbocycles. The van der Waals surface area contributed by atoms with Crippen molar-refractivity contribution < 1.29 is 102 Å². The van der Waals surface area contributed by atoms with Crippen molar-refractivity contribution in [3.05, 3.63) is 24.3 Å². The highest BCUT2D eigenvalue weighted by molar-refractivity contribution is 5.30. The first-order chi connectivity index (χ1) is 17.3. The molecule has 0 aliphatic rings.